The van der Waals surface area contributed by atoms with E-state index in [1.807, 2.05) is 21.0 Å². The lowest BCUT2D eigenvalue weighted by Gasteiger charge is -2.34. The minimum absolute atomic E-state index is 0.529. The fourth-order valence-corrected chi connectivity index (χ4v) is 2.14. The van der Waals surface area contributed by atoms with Crippen LogP contribution in [-0.4, -0.2) is 73.2 Å². The van der Waals surface area contributed by atoms with E-state index in [1.54, 1.807) is 6.92 Å². The van der Waals surface area contributed by atoms with Gasteiger partial charge in [-0.25, -0.2) is 0 Å². The predicted molar refractivity (Wildman–Crippen MR) is 84.2 cm³/mol. The van der Waals surface area contributed by atoms with Crippen molar-refractivity contribution in [3.05, 3.63) is 0 Å². The number of nitrogens with zero attached hydrogens (tertiary/aromatic N) is 2. The van der Waals surface area contributed by atoms with Crippen LogP contribution in [0.3, 0.4) is 0 Å². The molecule has 0 aliphatic carbocycles. The summed E-state index contributed by atoms with van der Waals surface area (Å²) in [6, 6.07) is 0. The highest BCUT2D eigenvalue weighted by molar-refractivity contribution is 5.78. The Labute approximate surface area is 124 Å². The van der Waals surface area contributed by atoms with Crippen molar-refractivity contribution in [2.75, 3.05) is 46.8 Å². The van der Waals surface area contributed by atoms with Crippen LogP contribution in [0.15, 0.2) is 0 Å². The lowest BCUT2D eigenvalue weighted by Crippen LogP contribution is -2.58. The monoisotopic (exact) mass is 287 g/mol. The number of aliphatic carboxylic acids is 1. The number of carbonyl (C=O) groups is 1. The maximum atomic E-state index is 11.6. The summed E-state index contributed by atoms with van der Waals surface area (Å²) in [7, 11) is 4.08. The first-order valence-electron chi connectivity index (χ1n) is 7.56. The van der Waals surface area contributed by atoms with E-state index in [4.69, 9.17) is 0 Å². The third-order valence-electron chi connectivity index (χ3n) is 3.26. The fraction of sp³-hybridized carbons (Fsp3) is 0.933. The first-order valence-corrected chi connectivity index (χ1v) is 7.56. The van der Waals surface area contributed by atoms with Crippen LogP contribution >= 0.6 is 0 Å². The molecule has 0 fully saturated rings. The van der Waals surface area contributed by atoms with E-state index in [1.165, 1.54) is 0 Å². The van der Waals surface area contributed by atoms with Gasteiger partial charge < -0.3 is 15.3 Å². The van der Waals surface area contributed by atoms with Crippen molar-refractivity contribution in [3.63, 3.8) is 0 Å². The molecule has 0 aromatic heterocycles. The Kier molecular flexibility index (Phi) is 9.01. The minimum atomic E-state index is -0.878. The summed E-state index contributed by atoms with van der Waals surface area (Å²) in [5.74, 6) is -0.244. The summed E-state index contributed by atoms with van der Waals surface area (Å²) in [6.45, 7) is 12.2. The Balaban J connectivity index is 4.73. The normalized spacial score (nSPS) is 15.1. The Morgan fingerprint density at radius 2 is 1.90 bits per heavy atom. The summed E-state index contributed by atoms with van der Waals surface area (Å²) in [5, 5.41) is 12.7. The first-order chi connectivity index (χ1) is 9.21. The van der Waals surface area contributed by atoms with E-state index in [-0.39, 0.29) is 0 Å². The molecule has 5 heteroatoms. The van der Waals surface area contributed by atoms with Gasteiger partial charge in [-0.05, 0) is 39.9 Å². The van der Waals surface area contributed by atoms with Gasteiger partial charge in [-0.2, -0.15) is 0 Å². The number of hydrogen-bond acceptors (Lipinski definition) is 4. The van der Waals surface area contributed by atoms with Crippen LogP contribution in [0.25, 0.3) is 0 Å². The topological polar surface area (TPSA) is 55.8 Å². The number of hydrogen-bond donors (Lipinski definition) is 2. The van der Waals surface area contributed by atoms with E-state index in [9.17, 15) is 9.90 Å². The van der Waals surface area contributed by atoms with Crippen LogP contribution in [0, 0.1) is 5.92 Å². The molecule has 0 saturated heterocycles. The van der Waals surface area contributed by atoms with Gasteiger partial charge in [0, 0.05) is 26.2 Å². The second-order valence-corrected chi connectivity index (χ2v) is 6.50. The molecule has 0 bridgehead atoms. The second kappa shape index (κ2) is 9.32. The number of nitrogens with one attached hydrogen (secondary N) is 1. The summed E-state index contributed by atoms with van der Waals surface area (Å²) < 4.78 is 0. The molecule has 2 N–H and O–H groups in total. The Bertz CT molecular complexity index is 282. The lowest BCUT2D eigenvalue weighted by molar-refractivity contribution is -0.145. The zero-order chi connectivity index (χ0) is 15.8. The van der Waals surface area contributed by atoms with Crippen molar-refractivity contribution in [3.8, 4) is 0 Å². The van der Waals surface area contributed by atoms with E-state index in [0.29, 0.717) is 12.5 Å². The van der Waals surface area contributed by atoms with Crippen LogP contribution in [0.1, 0.15) is 34.1 Å². The molecule has 120 valence electrons. The number of carboxylic acids is 1. The molecule has 0 heterocycles. The summed E-state index contributed by atoms with van der Waals surface area (Å²) in [6.07, 6.45) is 0.935. The standard InChI is InChI=1S/C15H33N3O2/c1-7-8-16-15(4,14(19)20)12-18(11-13(2)3)10-9-17(5)6/h13,16H,7-12H2,1-6H3,(H,19,20). The highest BCUT2D eigenvalue weighted by atomic mass is 16.4. The SMILES string of the molecule is CCCNC(C)(CN(CCN(C)C)CC(C)C)C(=O)O. The van der Waals surface area contributed by atoms with Gasteiger partial charge >= 0.3 is 5.97 Å². The van der Waals surface area contributed by atoms with Gasteiger partial charge in [0.05, 0.1) is 0 Å². The first kappa shape index (κ1) is 19.4. The Morgan fingerprint density at radius 3 is 2.30 bits per heavy atom. The summed E-state index contributed by atoms with van der Waals surface area (Å²) in [4.78, 5) is 16.0. The van der Waals surface area contributed by atoms with Gasteiger partial charge in [-0.3, -0.25) is 9.69 Å². The molecule has 0 aromatic carbocycles. The van der Waals surface area contributed by atoms with E-state index in [2.05, 4.69) is 29.0 Å². The third-order valence-corrected chi connectivity index (χ3v) is 3.26. The van der Waals surface area contributed by atoms with Gasteiger partial charge in [0.2, 0.25) is 0 Å². The Morgan fingerprint density at radius 1 is 1.30 bits per heavy atom. The predicted octanol–water partition coefficient (Wildman–Crippen LogP) is 1.35. The van der Waals surface area contributed by atoms with Crippen LogP contribution < -0.4 is 5.32 Å². The fourth-order valence-electron chi connectivity index (χ4n) is 2.14. The minimum Gasteiger partial charge on any atom is -0.480 e. The lowest BCUT2D eigenvalue weighted by atomic mass is 10.0. The molecule has 1 unspecified atom stereocenters. The van der Waals surface area contributed by atoms with E-state index >= 15 is 0 Å². The molecule has 5 nitrogen and oxygen atoms in total. The maximum Gasteiger partial charge on any atom is 0.324 e. The highest BCUT2D eigenvalue weighted by Gasteiger charge is 2.34. The maximum absolute atomic E-state index is 11.6. The molecule has 1 atom stereocenters. The largest absolute Gasteiger partial charge is 0.480 e. The van der Waals surface area contributed by atoms with Crippen LogP contribution in [0.5, 0.6) is 0 Å². The van der Waals surface area contributed by atoms with Crippen LogP contribution in [0.2, 0.25) is 0 Å². The molecular weight excluding hydrogens is 254 g/mol. The molecule has 0 spiro atoms. The molecule has 0 aromatic rings. The van der Waals surface area contributed by atoms with Crippen LogP contribution in [-0.2, 0) is 4.79 Å². The average molecular weight is 287 g/mol. The smallest absolute Gasteiger partial charge is 0.324 e. The summed E-state index contributed by atoms with van der Waals surface area (Å²) in [5.41, 5.74) is -0.878. The molecule has 0 radical (unpaired) electrons. The molecule has 0 rings (SSSR count). The quantitative estimate of drug-likeness (QED) is 0.601. The third kappa shape index (κ3) is 7.82. The zero-order valence-electron chi connectivity index (χ0n) is 14.1. The number of carboxylic acid groups (broad SMARTS) is 1. The van der Waals surface area contributed by atoms with Crippen molar-refractivity contribution in [2.24, 2.45) is 5.92 Å². The molecule has 0 aliphatic rings. The molecule has 0 saturated carbocycles. The average Bonchev–Trinajstić information content (AvgIpc) is 2.32. The van der Waals surface area contributed by atoms with Crippen LogP contribution in [0.4, 0.5) is 0 Å². The van der Waals surface area contributed by atoms with E-state index in [0.717, 1.165) is 32.6 Å². The van der Waals surface area contributed by atoms with Gasteiger partial charge in [0.1, 0.15) is 5.54 Å². The van der Waals surface area contributed by atoms with Gasteiger partial charge in [-0.15, -0.1) is 0 Å². The van der Waals surface area contributed by atoms with Crippen molar-refractivity contribution >= 4 is 5.97 Å². The highest BCUT2D eigenvalue weighted by Crippen LogP contribution is 2.10. The zero-order valence-corrected chi connectivity index (χ0v) is 14.1. The van der Waals surface area contributed by atoms with Crippen molar-refractivity contribution in [1.29, 1.82) is 0 Å². The summed E-state index contributed by atoms with van der Waals surface area (Å²) >= 11 is 0. The molecule has 0 aliphatic heterocycles. The van der Waals surface area contributed by atoms with Gasteiger partial charge in [-0.1, -0.05) is 20.8 Å². The van der Waals surface area contributed by atoms with Crippen molar-refractivity contribution < 1.29 is 9.90 Å². The molecule has 20 heavy (non-hydrogen) atoms. The van der Waals surface area contributed by atoms with Crippen molar-refractivity contribution in [2.45, 2.75) is 39.7 Å². The van der Waals surface area contributed by atoms with Gasteiger partial charge in [0.15, 0.2) is 0 Å². The molecule has 0 amide bonds. The molecular formula is C15H33N3O2. The van der Waals surface area contributed by atoms with Crippen molar-refractivity contribution in [1.82, 2.24) is 15.1 Å². The Hall–Kier alpha value is -0.650. The van der Waals surface area contributed by atoms with E-state index < -0.39 is 11.5 Å². The number of rotatable bonds is 11. The number of likely N-dealkylation sites (N-methyl/N-ethyl adjacent to an activating group) is 1. The van der Waals surface area contributed by atoms with Gasteiger partial charge in [0.25, 0.3) is 0 Å². The second-order valence-electron chi connectivity index (χ2n) is 6.50.